The summed E-state index contributed by atoms with van der Waals surface area (Å²) in [4.78, 5) is 18.4. The summed E-state index contributed by atoms with van der Waals surface area (Å²) in [6.07, 6.45) is 1.54. The van der Waals surface area contributed by atoms with E-state index >= 15 is 0 Å². The summed E-state index contributed by atoms with van der Waals surface area (Å²) in [5.41, 5.74) is 0.634. The second-order valence-electron chi connectivity index (χ2n) is 3.11. The Morgan fingerprint density at radius 2 is 2.12 bits per heavy atom. The first kappa shape index (κ1) is 11.1. The van der Waals surface area contributed by atoms with Crippen molar-refractivity contribution in [3.05, 3.63) is 44.4 Å². The zero-order valence-electron chi connectivity index (χ0n) is 8.53. The highest BCUT2D eigenvalue weighted by Crippen LogP contribution is 2.25. The maximum atomic E-state index is 11.5. The third-order valence-electron chi connectivity index (χ3n) is 2.12. The van der Waals surface area contributed by atoms with Crippen molar-refractivity contribution < 1.29 is 4.74 Å². The lowest BCUT2D eigenvalue weighted by Crippen LogP contribution is -2.11. The highest BCUT2D eigenvalue weighted by atomic mass is 127. The number of aromatic nitrogens is 2. The molecule has 16 heavy (non-hydrogen) atoms. The van der Waals surface area contributed by atoms with Gasteiger partial charge in [-0.2, -0.15) is 0 Å². The second kappa shape index (κ2) is 4.65. The van der Waals surface area contributed by atoms with Gasteiger partial charge in [0.1, 0.15) is 11.6 Å². The molecule has 1 aromatic carbocycles. The number of halogens is 1. The van der Waals surface area contributed by atoms with Crippen LogP contribution in [0.1, 0.15) is 0 Å². The van der Waals surface area contributed by atoms with Crippen LogP contribution in [0.3, 0.4) is 0 Å². The first-order valence-corrected chi connectivity index (χ1v) is 5.68. The van der Waals surface area contributed by atoms with Crippen LogP contribution in [0.5, 0.6) is 5.75 Å². The molecule has 0 saturated heterocycles. The number of para-hydroxylation sites is 1. The van der Waals surface area contributed by atoms with Crippen LogP contribution in [0.2, 0.25) is 0 Å². The number of nitrogens with one attached hydrogen (secondary N) is 1. The molecule has 1 N–H and O–H groups in total. The third-order valence-corrected chi connectivity index (χ3v) is 2.89. The number of rotatable bonds is 2. The van der Waals surface area contributed by atoms with E-state index in [2.05, 4.69) is 9.97 Å². The predicted molar refractivity (Wildman–Crippen MR) is 69.6 cm³/mol. The largest absolute Gasteiger partial charge is 0.496 e. The lowest BCUT2D eigenvalue weighted by molar-refractivity contribution is 0.416. The quantitative estimate of drug-likeness (QED) is 0.859. The minimum atomic E-state index is -0.142. The van der Waals surface area contributed by atoms with Gasteiger partial charge in [0.2, 0.25) is 0 Å². The van der Waals surface area contributed by atoms with Crippen LogP contribution in [0.4, 0.5) is 0 Å². The topological polar surface area (TPSA) is 55.0 Å². The molecule has 1 heterocycles. The summed E-state index contributed by atoms with van der Waals surface area (Å²) in [5.74, 6) is 1.20. The molecule has 0 spiro atoms. The molecule has 2 aromatic rings. The summed E-state index contributed by atoms with van der Waals surface area (Å²) in [6.45, 7) is 0. The molecule has 0 saturated carbocycles. The van der Waals surface area contributed by atoms with Crippen molar-refractivity contribution in [3.63, 3.8) is 0 Å². The minimum absolute atomic E-state index is 0.142. The van der Waals surface area contributed by atoms with Gasteiger partial charge in [0.15, 0.2) is 0 Å². The molecule has 1 aromatic heterocycles. The fourth-order valence-corrected chi connectivity index (χ4v) is 1.63. The van der Waals surface area contributed by atoms with Crippen molar-refractivity contribution in [3.8, 4) is 17.1 Å². The molecule has 0 aliphatic rings. The standard InChI is InChI=1S/C11H9IN2O2/c1-16-9-5-3-2-4-7(9)10-13-6-8(12)11(15)14-10/h2-6H,1H3,(H,13,14,15). The maximum Gasteiger partial charge on any atom is 0.264 e. The molecule has 0 radical (unpaired) electrons. The van der Waals surface area contributed by atoms with Gasteiger partial charge in [0.25, 0.3) is 5.56 Å². The molecule has 82 valence electrons. The van der Waals surface area contributed by atoms with Gasteiger partial charge in [0, 0.05) is 6.20 Å². The average molecular weight is 328 g/mol. The lowest BCUT2D eigenvalue weighted by Gasteiger charge is -2.06. The van der Waals surface area contributed by atoms with Gasteiger partial charge in [-0.15, -0.1) is 0 Å². The fraction of sp³-hybridized carbons (Fsp3) is 0.0909. The molecular weight excluding hydrogens is 319 g/mol. The molecular formula is C11H9IN2O2. The number of benzene rings is 1. The fourth-order valence-electron chi connectivity index (χ4n) is 1.36. The van der Waals surface area contributed by atoms with E-state index in [-0.39, 0.29) is 5.56 Å². The predicted octanol–water partition coefficient (Wildman–Crippen LogP) is 2.05. The van der Waals surface area contributed by atoms with Crippen molar-refractivity contribution >= 4 is 22.6 Å². The van der Waals surface area contributed by atoms with Crippen LogP contribution in [-0.2, 0) is 0 Å². The lowest BCUT2D eigenvalue weighted by atomic mass is 10.2. The molecule has 0 atom stereocenters. The second-order valence-corrected chi connectivity index (χ2v) is 4.27. The van der Waals surface area contributed by atoms with Crippen molar-refractivity contribution in [2.75, 3.05) is 7.11 Å². The van der Waals surface area contributed by atoms with E-state index < -0.39 is 0 Å². The molecule has 0 aliphatic carbocycles. The van der Waals surface area contributed by atoms with Gasteiger partial charge >= 0.3 is 0 Å². The Kier molecular flexibility index (Phi) is 3.23. The Hall–Kier alpha value is -1.37. The van der Waals surface area contributed by atoms with Crippen LogP contribution < -0.4 is 10.3 Å². The third kappa shape index (κ3) is 2.08. The Morgan fingerprint density at radius 3 is 2.81 bits per heavy atom. The Labute approximate surface area is 106 Å². The molecule has 5 heteroatoms. The van der Waals surface area contributed by atoms with Gasteiger partial charge in [0.05, 0.1) is 16.2 Å². The van der Waals surface area contributed by atoms with Gasteiger partial charge in [-0.25, -0.2) is 4.98 Å². The maximum absolute atomic E-state index is 11.5. The summed E-state index contributed by atoms with van der Waals surface area (Å²) < 4.78 is 5.77. The number of methoxy groups -OCH3 is 1. The summed E-state index contributed by atoms with van der Waals surface area (Å²) in [5, 5.41) is 0. The van der Waals surface area contributed by atoms with E-state index in [9.17, 15) is 4.79 Å². The number of nitrogens with zero attached hydrogens (tertiary/aromatic N) is 1. The first-order chi connectivity index (χ1) is 7.72. The van der Waals surface area contributed by atoms with Crippen molar-refractivity contribution in [2.24, 2.45) is 0 Å². The SMILES string of the molecule is COc1ccccc1-c1ncc(I)c(=O)[nH]1. The summed E-state index contributed by atoms with van der Waals surface area (Å²) >= 11 is 1.94. The number of ether oxygens (including phenoxy) is 1. The van der Waals surface area contributed by atoms with Gasteiger partial charge in [-0.05, 0) is 34.7 Å². The van der Waals surface area contributed by atoms with Crippen LogP contribution >= 0.6 is 22.6 Å². The van der Waals surface area contributed by atoms with Gasteiger partial charge < -0.3 is 9.72 Å². The molecule has 0 amide bonds. The van der Waals surface area contributed by atoms with Gasteiger partial charge in [-0.3, -0.25) is 4.79 Å². The van der Waals surface area contributed by atoms with E-state index in [4.69, 9.17) is 4.74 Å². The Balaban J connectivity index is 2.58. The van der Waals surface area contributed by atoms with E-state index in [0.717, 1.165) is 5.56 Å². The molecule has 2 rings (SSSR count). The van der Waals surface area contributed by atoms with Crippen LogP contribution in [0.15, 0.2) is 35.3 Å². The van der Waals surface area contributed by atoms with Crippen molar-refractivity contribution in [1.82, 2.24) is 9.97 Å². The van der Waals surface area contributed by atoms with Crippen LogP contribution in [-0.4, -0.2) is 17.1 Å². The first-order valence-electron chi connectivity index (χ1n) is 4.60. The van der Waals surface area contributed by atoms with E-state index in [0.29, 0.717) is 15.1 Å². The number of hydrogen-bond acceptors (Lipinski definition) is 3. The zero-order valence-corrected chi connectivity index (χ0v) is 10.7. The molecule has 0 aliphatic heterocycles. The van der Waals surface area contributed by atoms with Crippen LogP contribution in [0, 0.1) is 3.57 Å². The molecule has 0 fully saturated rings. The molecule has 0 bridgehead atoms. The van der Waals surface area contributed by atoms with E-state index in [1.54, 1.807) is 13.3 Å². The number of hydrogen-bond donors (Lipinski definition) is 1. The molecule has 0 unspecified atom stereocenters. The Morgan fingerprint density at radius 1 is 1.38 bits per heavy atom. The minimum Gasteiger partial charge on any atom is -0.496 e. The smallest absolute Gasteiger partial charge is 0.264 e. The highest BCUT2D eigenvalue weighted by Gasteiger charge is 2.07. The molecule has 4 nitrogen and oxygen atoms in total. The van der Waals surface area contributed by atoms with Crippen molar-refractivity contribution in [2.45, 2.75) is 0 Å². The normalized spacial score (nSPS) is 10.1. The summed E-state index contributed by atoms with van der Waals surface area (Å²) in [7, 11) is 1.59. The zero-order chi connectivity index (χ0) is 11.5. The highest BCUT2D eigenvalue weighted by molar-refractivity contribution is 14.1. The monoisotopic (exact) mass is 328 g/mol. The van der Waals surface area contributed by atoms with Gasteiger partial charge in [-0.1, -0.05) is 12.1 Å². The number of aromatic amines is 1. The average Bonchev–Trinajstić information content (AvgIpc) is 2.32. The Bertz CT molecular complexity index is 566. The van der Waals surface area contributed by atoms with Crippen LogP contribution in [0.25, 0.3) is 11.4 Å². The van der Waals surface area contributed by atoms with E-state index in [1.165, 1.54) is 0 Å². The van der Waals surface area contributed by atoms with E-state index in [1.807, 2.05) is 46.9 Å². The number of H-pyrrole nitrogens is 1. The summed E-state index contributed by atoms with van der Waals surface area (Å²) in [6, 6.07) is 7.42. The van der Waals surface area contributed by atoms with Crippen molar-refractivity contribution in [1.29, 1.82) is 0 Å².